The van der Waals surface area contributed by atoms with Crippen molar-refractivity contribution < 1.29 is 13.9 Å². The summed E-state index contributed by atoms with van der Waals surface area (Å²) in [6.45, 7) is 6.48. The maximum atomic E-state index is 6.60. The Morgan fingerprint density at radius 1 is 1.09 bits per heavy atom. The summed E-state index contributed by atoms with van der Waals surface area (Å²) in [5.74, 6) is 0.0348. The molecule has 0 spiro atoms. The molecule has 0 radical (unpaired) electrons. The van der Waals surface area contributed by atoms with Crippen LogP contribution >= 0.6 is 23.2 Å². The van der Waals surface area contributed by atoms with E-state index in [1.54, 1.807) is 18.2 Å². The second kappa shape index (κ2) is 8.02. The molecule has 1 aromatic heterocycles. The molecular formula is C18H20Cl2O3. The number of hydrogen-bond donors (Lipinski definition) is 0. The molecule has 0 atom stereocenters. The molecule has 1 aromatic carbocycles. The number of ether oxygens (including phenoxy) is 2. The van der Waals surface area contributed by atoms with Gasteiger partial charge < -0.3 is 13.9 Å². The van der Waals surface area contributed by atoms with Crippen LogP contribution in [0.3, 0.4) is 0 Å². The molecule has 0 aliphatic heterocycles. The quantitative estimate of drug-likeness (QED) is 0.593. The Morgan fingerprint density at radius 3 is 2.17 bits per heavy atom. The number of hydrogen-bond acceptors (Lipinski definition) is 3. The largest absolute Gasteiger partial charge is 0.460 e. The third-order valence-corrected chi connectivity index (χ3v) is 3.85. The molecule has 0 aliphatic carbocycles. The molecule has 3 nitrogen and oxygen atoms in total. The Balaban J connectivity index is 2.48. The molecule has 0 bridgehead atoms. The monoisotopic (exact) mass is 354 g/mol. The molecule has 124 valence electrons. The summed E-state index contributed by atoms with van der Waals surface area (Å²) in [6, 6.07) is 11.0. The van der Waals surface area contributed by atoms with E-state index >= 15 is 0 Å². The van der Waals surface area contributed by atoms with E-state index in [9.17, 15) is 0 Å². The fourth-order valence-electron chi connectivity index (χ4n) is 2.26. The van der Waals surface area contributed by atoms with Crippen LogP contribution in [0, 0.1) is 6.92 Å². The van der Waals surface area contributed by atoms with Gasteiger partial charge in [0.1, 0.15) is 5.76 Å². The van der Waals surface area contributed by atoms with Gasteiger partial charge in [-0.1, -0.05) is 35.3 Å². The highest BCUT2D eigenvalue weighted by Gasteiger charge is 2.41. The fourth-order valence-corrected chi connectivity index (χ4v) is 2.71. The van der Waals surface area contributed by atoms with Crippen molar-refractivity contribution in [3.63, 3.8) is 0 Å². The lowest BCUT2D eigenvalue weighted by atomic mass is 10.1. The zero-order valence-electron chi connectivity index (χ0n) is 13.4. The maximum Gasteiger partial charge on any atom is 0.266 e. The van der Waals surface area contributed by atoms with Gasteiger partial charge in [-0.25, -0.2) is 0 Å². The van der Waals surface area contributed by atoms with E-state index in [1.807, 2.05) is 45.0 Å². The molecule has 0 N–H and O–H groups in total. The van der Waals surface area contributed by atoms with Crippen molar-refractivity contribution in [2.75, 3.05) is 13.2 Å². The highest BCUT2D eigenvalue weighted by molar-refractivity contribution is 6.32. The molecule has 0 saturated carbocycles. The van der Waals surface area contributed by atoms with Crippen LogP contribution in [0.4, 0.5) is 0 Å². The van der Waals surface area contributed by atoms with Gasteiger partial charge in [-0.05, 0) is 56.7 Å². The minimum absolute atomic E-state index is 0.387. The van der Waals surface area contributed by atoms with Crippen LogP contribution < -0.4 is 0 Å². The van der Waals surface area contributed by atoms with Gasteiger partial charge in [0.25, 0.3) is 5.79 Å². The summed E-state index contributed by atoms with van der Waals surface area (Å²) in [5, 5.41) is 1.05. The lowest BCUT2D eigenvalue weighted by molar-refractivity contribution is -0.220. The number of benzene rings is 1. The minimum atomic E-state index is -1.25. The highest BCUT2D eigenvalue weighted by atomic mass is 35.5. The Labute approximate surface area is 146 Å². The average Bonchev–Trinajstić information content (AvgIpc) is 2.96. The maximum absolute atomic E-state index is 6.60. The van der Waals surface area contributed by atoms with Crippen molar-refractivity contribution >= 4 is 29.3 Å². The number of rotatable bonds is 7. The van der Waals surface area contributed by atoms with E-state index in [1.165, 1.54) is 0 Å². The van der Waals surface area contributed by atoms with Gasteiger partial charge in [0.05, 0.1) is 5.03 Å². The van der Waals surface area contributed by atoms with Crippen LogP contribution in [0.2, 0.25) is 5.02 Å². The molecule has 0 aliphatic rings. The van der Waals surface area contributed by atoms with Gasteiger partial charge in [0, 0.05) is 18.2 Å². The van der Waals surface area contributed by atoms with Gasteiger partial charge in [0.15, 0.2) is 5.76 Å². The molecule has 0 saturated heterocycles. The van der Waals surface area contributed by atoms with Crippen LogP contribution in [0.25, 0.3) is 6.08 Å². The Hall–Kier alpha value is -1.26. The first-order valence-electron chi connectivity index (χ1n) is 7.50. The number of aryl methyl sites for hydroxylation is 1. The third kappa shape index (κ3) is 4.18. The van der Waals surface area contributed by atoms with Crippen LogP contribution in [0.15, 0.2) is 45.8 Å². The first-order chi connectivity index (χ1) is 11.0. The molecule has 0 unspecified atom stereocenters. The normalized spacial score (nSPS) is 12.7. The summed E-state index contributed by atoms with van der Waals surface area (Å²) in [7, 11) is 0. The first-order valence-corrected chi connectivity index (χ1v) is 8.25. The zero-order chi connectivity index (χ0) is 16.9. The topological polar surface area (TPSA) is 31.6 Å². The predicted octanol–water partition coefficient (Wildman–Crippen LogP) is 5.75. The molecular weight excluding hydrogens is 335 g/mol. The van der Waals surface area contributed by atoms with Gasteiger partial charge in [-0.15, -0.1) is 0 Å². The van der Waals surface area contributed by atoms with Crippen molar-refractivity contribution in [3.8, 4) is 0 Å². The van der Waals surface area contributed by atoms with E-state index in [0.717, 1.165) is 11.3 Å². The molecule has 2 rings (SSSR count). The lowest BCUT2D eigenvalue weighted by Gasteiger charge is -2.30. The van der Waals surface area contributed by atoms with Crippen molar-refractivity contribution in [2.24, 2.45) is 0 Å². The molecule has 1 heterocycles. The molecule has 2 aromatic rings. The van der Waals surface area contributed by atoms with Crippen molar-refractivity contribution in [1.29, 1.82) is 0 Å². The summed E-state index contributed by atoms with van der Waals surface area (Å²) in [5.41, 5.74) is 0.895. The van der Waals surface area contributed by atoms with Crippen LogP contribution in [0.1, 0.15) is 30.9 Å². The summed E-state index contributed by atoms with van der Waals surface area (Å²) >= 11 is 12.5. The van der Waals surface area contributed by atoms with Gasteiger partial charge in [-0.2, -0.15) is 0 Å². The second-order valence-electron chi connectivity index (χ2n) is 4.94. The van der Waals surface area contributed by atoms with Crippen molar-refractivity contribution in [2.45, 2.75) is 26.6 Å². The number of furan rings is 1. The van der Waals surface area contributed by atoms with E-state index < -0.39 is 5.79 Å². The van der Waals surface area contributed by atoms with Crippen molar-refractivity contribution in [1.82, 2.24) is 0 Å². The summed E-state index contributed by atoms with van der Waals surface area (Å²) in [6.07, 6.45) is 1.79. The Kier molecular flexibility index (Phi) is 6.31. The molecule has 23 heavy (non-hydrogen) atoms. The van der Waals surface area contributed by atoms with Crippen LogP contribution in [0.5, 0.6) is 0 Å². The molecule has 0 amide bonds. The van der Waals surface area contributed by atoms with E-state index in [2.05, 4.69) is 0 Å². The summed E-state index contributed by atoms with van der Waals surface area (Å²) in [4.78, 5) is 0. The first kappa shape index (κ1) is 18.1. The van der Waals surface area contributed by atoms with Crippen LogP contribution in [-0.2, 0) is 15.3 Å². The van der Waals surface area contributed by atoms with E-state index in [0.29, 0.717) is 29.0 Å². The molecule has 5 heteroatoms. The zero-order valence-corrected chi connectivity index (χ0v) is 14.9. The van der Waals surface area contributed by atoms with Gasteiger partial charge >= 0.3 is 0 Å². The fraction of sp³-hybridized carbons (Fsp3) is 0.333. The van der Waals surface area contributed by atoms with E-state index in [-0.39, 0.29) is 0 Å². The Bertz CT molecular complexity index is 653. The van der Waals surface area contributed by atoms with Crippen molar-refractivity contribution in [3.05, 3.63) is 63.5 Å². The SMILES string of the molecule is CCOC(OCC)(/C(Cl)=C/c1ccc(Cl)cc1)c1ccc(C)o1. The minimum Gasteiger partial charge on any atom is -0.460 e. The molecule has 0 fully saturated rings. The standard InChI is InChI=1S/C18H20Cl2O3/c1-4-21-18(22-5-2,17-11-6-13(3)23-17)16(20)12-14-7-9-15(19)10-8-14/h6-12H,4-5H2,1-3H3/b16-12-. The average molecular weight is 355 g/mol. The van der Waals surface area contributed by atoms with Gasteiger partial charge in [0.2, 0.25) is 0 Å². The lowest BCUT2D eigenvalue weighted by Crippen LogP contribution is -2.33. The predicted molar refractivity (Wildman–Crippen MR) is 93.7 cm³/mol. The highest BCUT2D eigenvalue weighted by Crippen LogP contribution is 2.39. The van der Waals surface area contributed by atoms with Gasteiger partial charge in [-0.3, -0.25) is 0 Å². The summed E-state index contributed by atoms with van der Waals surface area (Å²) < 4.78 is 17.5. The number of halogens is 2. The van der Waals surface area contributed by atoms with Crippen LogP contribution in [-0.4, -0.2) is 13.2 Å². The van der Waals surface area contributed by atoms with E-state index in [4.69, 9.17) is 37.1 Å². The Morgan fingerprint density at radius 2 is 1.70 bits per heavy atom. The second-order valence-corrected chi connectivity index (χ2v) is 5.78. The smallest absolute Gasteiger partial charge is 0.266 e. The third-order valence-electron chi connectivity index (χ3n) is 3.24.